The zero-order valence-corrected chi connectivity index (χ0v) is 9.64. The zero-order chi connectivity index (χ0) is 9.90. The molecule has 0 fully saturated rings. The van der Waals surface area contributed by atoms with E-state index in [1.165, 1.54) is 77.0 Å². The van der Waals surface area contributed by atoms with Gasteiger partial charge in [-0.1, -0.05) is 63.5 Å². The number of hydrogen-bond acceptors (Lipinski definition) is 0. The van der Waals surface area contributed by atoms with Crippen LogP contribution in [0.1, 0.15) is 77.0 Å². The molecule has 0 bridgehead atoms. The maximum Gasteiger partial charge on any atom is -0.0351 e. The second-order valence-electron chi connectivity index (χ2n) is 4.58. The molecule has 0 aromatic heterocycles. The van der Waals surface area contributed by atoms with Gasteiger partial charge in [-0.05, 0) is 25.7 Å². The van der Waals surface area contributed by atoms with Gasteiger partial charge in [-0.3, -0.25) is 0 Å². The van der Waals surface area contributed by atoms with Crippen molar-refractivity contribution in [2.24, 2.45) is 0 Å². The molecular formula is C14H26. The molecule has 0 nitrogen and oxygen atoms in total. The number of allylic oxidation sites excluding steroid dienone is 2. The Kier molecular flexibility index (Phi) is 7.85. The van der Waals surface area contributed by atoms with Gasteiger partial charge in [-0.25, -0.2) is 0 Å². The lowest BCUT2D eigenvalue weighted by Gasteiger charge is -2.03. The smallest absolute Gasteiger partial charge is 0.0351 e. The minimum atomic E-state index is 1.32. The Morgan fingerprint density at radius 3 is 1.00 bits per heavy atom. The Hall–Kier alpha value is -0.260. The van der Waals surface area contributed by atoms with Gasteiger partial charge < -0.3 is 0 Å². The van der Waals surface area contributed by atoms with Crippen LogP contribution in [0.4, 0.5) is 0 Å². The Bertz CT molecular complexity index is 119. The zero-order valence-electron chi connectivity index (χ0n) is 9.64. The molecule has 14 heavy (non-hydrogen) atoms. The molecule has 82 valence electrons. The Morgan fingerprint density at radius 1 is 0.357 bits per heavy atom. The van der Waals surface area contributed by atoms with E-state index in [4.69, 9.17) is 0 Å². The first-order chi connectivity index (χ1) is 7.00. The van der Waals surface area contributed by atoms with Crippen molar-refractivity contribution in [2.75, 3.05) is 0 Å². The van der Waals surface area contributed by atoms with Crippen LogP contribution in [0.5, 0.6) is 0 Å². The molecule has 0 aliphatic heterocycles. The topological polar surface area (TPSA) is 0 Å². The van der Waals surface area contributed by atoms with E-state index in [1.807, 2.05) is 0 Å². The molecule has 1 aliphatic carbocycles. The summed E-state index contributed by atoms with van der Waals surface area (Å²) < 4.78 is 0. The van der Waals surface area contributed by atoms with Gasteiger partial charge in [-0.2, -0.15) is 0 Å². The molecule has 0 saturated carbocycles. The van der Waals surface area contributed by atoms with Gasteiger partial charge in [0.25, 0.3) is 0 Å². The second-order valence-corrected chi connectivity index (χ2v) is 4.58. The van der Waals surface area contributed by atoms with Crippen molar-refractivity contribution in [1.29, 1.82) is 0 Å². The largest absolute Gasteiger partial charge is 0.0885 e. The maximum atomic E-state index is 2.39. The molecule has 1 rings (SSSR count). The van der Waals surface area contributed by atoms with Crippen LogP contribution in [0.3, 0.4) is 0 Å². The maximum absolute atomic E-state index is 2.39. The van der Waals surface area contributed by atoms with E-state index in [0.717, 1.165) is 0 Å². The average molecular weight is 194 g/mol. The minimum absolute atomic E-state index is 1.32. The summed E-state index contributed by atoms with van der Waals surface area (Å²) >= 11 is 0. The van der Waals surface area contributed by atoms with Gasteiger partial charge in [0.2, 0.25) is 0 Å². The van der Waals surface area contributed by atoms with Gasteiger partial charge in [0.1, 0.15) is 0 Å². The van der Waals surface area contributed by atoms with Crippen LogP contribution in [0, 0.1) is 0 Å². The molecule has 0 heterocycles. The first-order valence-electron chi connectivity index (χ1n) is 6.65. The molecule has 0 aromatic rings. The van der Waals surface area contributed by atoms with Crippen LogP contribution < -0.4 is 0 Å². The molecule has 0 aromatic carbocycles. The number of hydrogen-bond donors (Lipinski definition) is 0. The molecular weight excluding hydrogens is 168 g/mol. The van der Waals surface area contributed by atoms with Gasteiger partial charge >= 0.3 is 0 Å². The van der Waals surface area contributed by atoms with Crippen molar-refractivity contribution in [2.45, 2.75) is 77.0 Å². The Morgan fingerprint density at radius 2 is 0.643 bits per heavy atom. The van der Waals surface area contributed by atoms with Crippen molar-refractivity contribution in [3.05, 3.63) is 12.2 Å². The van der Waals surface area contributed by atoms with E-state index in [-0.39, 0.29) is 0 Å². The summed E-state index contributed by atoms with van der Waals surface area (Å²) in [5.41, 5.74) is 0. The Labute approximate surface area is 89.8 Å². The fourth-order valence-corrected chi connectivity index (χ4v) is 2.17. The molecule has 0 unspecified atom stereocenters. The fourth-order valence-electron chi connectivity index (χ4n) is 2.17. The SMILES string of the molecule is C1=C\CCCCCCCCCCCC/1. The predicted octanol–water partition coefficient (Wildman–Crippen LogP) is 5.24. The van der Waals surface area contributed by atoms with Gasteiger partial charge in [0, 0.05) is 0 Å². The summed E-state index contributed by atoms with van der Waals surface area (Å²) in [5, 5.41) is 0. The highest BCUT2D eigenvalue weighted by molar-refractivity contribution is 4.81. The molecule has 0 spiro atoms. The standard InChI is InChI=1S/C14H26/c1-2-4-6-8-10-12-14-13-11-9-7-5-3-1/h1-2H,3-14H2/b2-1-. The average Bonchev–Trinajstić information content (AvgIpc) is 2.22. The van der Waals surface area contributed by atoms with Gasteiger partial charge in [0.05, 0.1) is 0 Å². The molecule has 1 aliphatic rings. The molecule has 0 atom stereocenters. The van der Waals surface area contributed by atoms with E-state index >= 15 is 0 Å². The minimum Gasteiger partial charge on any atom is -0.0885 e. The second kappa shape index (κ2) is 9.30. The third kappa shape index (κ3) is 7.17. The summed E-state index contributed by atoms with van der Waals surface area (Å²) in [5.74, 6) is 0. The van der Waals surface area contributed by atoms with Crippen LogP contribution >= 0.6 is 0 Å². The summed E-state index contributed by atoms with van der Waals surface area (Å²) in [6.07, 6.45) is 22.0. The molecule has 0 saturated heterocycles. The number of rotatable bonds is 0. The normalized spacial score (nSPS) is 25.1. The predicted molar refractivity (Wildman–Crippen MR) is 64.5 cm³/mol. The summed E-state index contributed by atoms with van der Waals surface area (Å²) in [6.45, 7) is 0. The first-order valence-corrected chi connectivity index (χ1v) is 6.65. The van der Waals surface area contributed by atoms with Crippen LogP contribution in [-0.2, 0) is 0 Å². The van der Waals surface area contributed by atoms with E-state index in [9.17, 15) is 0 Å². The van der Waals surface area contributed by atoms with Gasteiger partial charge in [0.15, 0.2) is 0 Å². The highest BCUT2D eigenvalue weighted by Crippen LogP contribution is 2.13. The van der Waals surface area contributed by atoms with Crippen molar-refractivity contribution in [3.8, 4) is 0 Å². The first kappa shape index (κ1) is 11.8. The van der Waals surface area contributed by atoms with Crippen molar-refractivity contribution in [3.63, 3.8) is 0 Å². The van der Waals surface area contributed by atoms with Crippen LogP contribution in [-0.4, -0.2) is 0 Å². The molecule has 0 radical (unpaired) electrons. The Balaban J connectivity index is 2.09. The highest BCUT2D eigenvalue weighted by atomic mass is 14.0. The lowest BCUT2D eigenvalue weighted by atomic mass is 10.0. The molecule has 0 N–H and O–H groups in total. The monoisotopic (exact) mass is 194 g/mol. The van der Waals surface area contributed by atoms with Gasteiger partial charge in [-0.15, -0.1) is 0 Å². The molecule has 0 amide bonds. The summed E-state index contributed by atoms with van der Waals surface area (Å²) in [4.78, 5) is 0. The third-order valence-corrected chi connectivity index (χ3v) is 3.16. The van der Waals surface area contributed by atoms with Crippen LogP contribution in [0.2, 0.25) is 0 Å². The van der Waals surface area contributed by atoms with Crippen molar-refractivity contribution in [1.82, 2.24) is 0 Å². The van der Waals surface area contributed by atoms with Crippen molar-refractivity contribution < 1.29 is 0 Å². The van der Waals surface area contributed by atoms with E-state index < -0.39 is 0 Å². The third-order valence-electron chi connectivity index (χ3n) is 3.16. The van der Waals surface area contributed by atoms with Crippen LogP contribution in [0.25, 0.3) is 0 Å². The quantitative estimate of drug-likeness (QED) is 0.463. The van der Waals surface area contributed by atoms with E-state index in [0.29, 0.717) is 0 Å². The fraction of sp³-hybridized carbons (Fsp3) is 0.857. The lowest BCUT2D eigenvalue weighted by Crippen LogP contribution is -1.83. The van der Waals surface area contributed by atoms with Crippen molar-refractivity contribution >= 4 is 0 Å². The summed E-state index contributed by atoms with van der Waals surface area (Å²) in [6, 6.07) is 0. The lowest BCUT2D eigenvalue weighted by molar-refractivity contribution is 0.550. The highest BCUT2D eigenvalue weighted by Gasteiger charge is 1.93. The van der Waals surface area contributed by atoms with Crippen LogP contribution in [0.15, 0.2) is 12.2 Å². The van der Waals surface area contributed by atoms with E-state index in [2.05, 4.69) is 12.2 Å². The molecule has 0 heteroatoms. The summed E-state index contributed by atoms with van der Waals surface area (Å²) in [7, 11) is 0. The van der Waals surface area contributed by atoms with E-state index in [1.54, 1.807) is 0 Å².